The fourth-order valence-corrected chi connectivity index (χ4v) is 3.45. The number of benzene rings is 1. The highest BCUT2D eigenvalue weighted by atomic mass is 16.1. The van der Waals surface area contributed by atoms with Gasteiger partial charge in [-0.15, -0.1) is 5.10 Å². The summed E-state index contributed by atoms with van der Waals surface area (Å²) in [6.45, 7) is 2.01. The Bertz CT molecular complexity index is 1380. The van der Waals surface area contributed by atoms with Gasteiger partial charge in [-0.05, 0) is 36.8 Å². The van der Waals surface area contributed by atoms with Crippen molar-refractivity contribution in [1.29, 1.82) is 0 Å². The predicted octanol–water partition coefficient (Wildman–Crippen LogP) is 2.47. The van der Waals surface area contributed by atoms with Gasteiger partial charge in [-0.3, -0.25) is 19.0 Å². The van der Waals surface area contributed by atoms with Crippen molar-refractivity contribution >= 4 is 21.9 Å². The molecule has 0 amide bonds. The van der Waals surface area contributed by atoms with Crippen LogP contribution in [0.4, 0.5) is 0 Å². The second kappa shape index (κ2) is 6.12. The van der Waals surface area contributed by atoms with Crippen LogP contribution in [0.5, 0.6) is 0 Å². The maximum Gasteiger partial charge on any atom is 0.283 e. The second-order valence-corrected chi connectivity index (χ2v) is 6.76. The van der Waals surface area contributed by atoms with E-state index < -0.39 is 0 Å². The van der Waals surface area contributed by atoms with E-state index in [1.165, 1.54) is 0 Å². The number of pyridine rings is 2. The topological polar surface area (TPSA) is 83.4 Å². The van der Waals surface area contributed by atoms with Crippen LogP contribution < -0.4 is 5.56 Å². The molecular formula is C20H17N7O. The van der Waals surface area contributed by atoms with Crippen molar-refractivity contribution in [3.63, 3.8) is 0 Å². The molecule has 0 spiro atoms. The van der Waals surface area contributed by atoms with E-state index in [4.69, 9.17) is 0 Å². The Morgan fingerprint density at radius 1 is 1.11 bits per heavy atom. The number of hydrogen-bond acceptors (Lipinski definition) is 5. The van der Waals surface area contributed by atoms with E-state index in [9.17, 15) is 4.79 Å². The van der Waals surface area contributed by atoms with Gasteiger partial charge in [0.25, 0.3) is 5.56 Å². The standard InChI is InChI=1S/C20H17N7O/c1-13(14-5-6-17-15(10-14)4-3-8-21-17)27-19-18(23-24-27)7-9-26(20(19)28)16-11-22-25(2)12-16/h3-13H,1-2H3/t13-/m1/s1. The number of nitrogens with zero attached hydrogens (tertiary/aromatic N) is 7. The molecule has 0 bridgehead atoms. The van der Waals surface area contributed by atoms with Crippen LogP contribution in [0.1, 0.15) is 18.5 Å². The highest BCUT2D eigenvalue weighted by Crippen LogP contribution is 2.23. The minimum atomic E-state index is -0.176. The Morgan fingerprint density at radius 2 is 2.00 bits per heavy atom. The molecule has 8 nitrogen and oxygen atoms in total. The van der Waals surface area contributed by atoms with Crippen molar-refractivity contribution in [3.8, 4) is 5.69 Å². The Morgan fingerprint density at radius 3 is 2.82 bits per heavy atom. The minimum absolute atomic E-state index is 0.160. The third-order valence-corrected chi connectivity index (χ3v) is 4.97. The lowest BCUT2D eigenvalue weighted by molar-refractivity contribution is 0.558. The first-order valence-electron chi connectivity index (χ1n) is 8.92. The molecule has 0 saturated heterocycles. The zero-order valence-corrected chi connectivity index (χ0v) is 15.4. The summed E-state index contributed by atoms with van der Waals surface area (Å²) >= 11 is 0. The summed E-state index contributed by atoms with van der Waals surface area (Å²) in [6, 6.07) is 11.6. The first-order valence-corrected chi connectivity index (χ1v) is 8.92. The number of fused-ring (bicyclic) bond motifs is 2. The zero-order valence-electron chi connectivity index (χ0n) is 15.4. The molecule has 28 heavy (non-hydrogen) atoms. The van der Waals surface area contributed by atoms with Crippen LogP contribution in [0.2, 0.25) is 0 Å². The van der Waals surface area contributed by atoms with E-state index in [1.54, 1.807) is 44.8 Å². The van der Waals surface area contributed by atoms with Crippen molar-refractivity contribution in [2.45, 2.75) is 13.0 Å². The van der Waals surface area contributed by atoms with Gasteiger partial charge < -0.3 is 0 Å². The number of rotatable bonds is 3. The smallest absolute Gasteiger partial charge is 0.279 e. The largest absolute Gasteiger partial charge is 0.283 e. The van der Waals surface area contributed by atoms with E-state index in [1.807, 2.05) is 38.2 Å². The van der Waals surface area contributed by atoms with E-state index in [2.05, 4.69) is 26.5 Å². The summed E-state index contributed by atoms with van der Waals surface area (Å²) in [6.07, 6.45) is 6.92. The van der Waals surface area contributed by atoms with Gasteiger partial charge >= 0.3 is 0 Å². The first kappa shape index (κ1) is 16.4. The van der Waals surface area contributed by atoms with E-state index >= 15 is 0 Å². The molecule has 0 aliphatic heterocycles. The molecule has 0 aliphatic rings. The summed E-state index contributed by atoms with van der Waals surface area (Å²) < 4.78 is 4.90. The van der Waals surface area contributed by atoms with Crippen molar-refractivity contribution in [1.82, 2.24) is 34.3 Å². The summed E-state index contributed by atoms with van der Waals surface area (Å²) in [7, 11) is 1.82. The molecule has 138 valence electrons. The van der Waals surface area contributed by atoms with Crippen molar-refractivity contribution in [2.24, 2.45) is 7.05 Å². The fourth-order valence-electron chi connectivity index (χ4n) is 3.45. The molecule has 1 atom stereocenters. The lowest BCUT2D eigenvalue weighted by atomic mass is 10.1. The van der Waals surface area contributed by atoms with E-state index in [-0.39, 0.29) is 11.6 Å². The first-order chi connectivity index (χ1) is 13.6. The fraction of sp³-hybridized carbons (Fsp3) is 0.150. The third kappa shape index (κ3) is 2.50. The van der Waals surface area contributed by atoms with Crippen molar-refractivity contribution < 1.29 is 0 Å². The van der Waals surface area contributed by atoms with Crippen molar-refractivity contribution in [2.75, 3.05) is 0 Å². The normalized spacial score (nSPS) is 12.6. The molecule has 8 heteroatoms. The van der Waals surface area contributed by atoms with Gasteiger partial charge in [-0.1, -0.05) is 17.3 Å². The lowest BCUT2D eigenvalue weighted by Gasteiger charge is -2.14. The molecule has 0 N–H and O–H groups in total. The van der Waals surface area contributed by atoms with Crippen LogP contribution in [0.15, 0.2) is 66.0 Å². The predicted molar refractivity (Wildman–Crippen MR) is 105 cm³/mol. The molecule has 4 aromatic heterocycles. The quantitative estimate of drug-likeness (QED) is 0.486. The zero-order chi connectivity index (χ0) is 19.3. The SMILES string of the molecule is C[C@H](c1ccc2ncccc2c1)n1nnc2ccn(-c3cnn(C)c3)c(=O)c21. The van der Waals surface area contributed by atoms with Crippen LogP contribution in [-0.2, 0) is 7.05 Å². The highest BCUT2D eigenvalue weighted by Gasteiger charge is 2.18. The summed E-state index contributed by atoms with van der Waals surface area (Å²) in [5, 5.41) is 13.7. The average Bonchev–Trinajstić information content (AvgIpc) is 3.34. The van der Waals surface area contributed by atoms with E-state index in [0.717, 1.165) is 16.5 Å². The maximum atomic E-state index is 13.2. The van der Waals surface area contributed by atoms with Crippen LogP contribution in [0.25, 0.3) is 27.6 Å². The highest BCUT2D eigenvalue weighted by molar-refractivity contribution is 5.79. The number of aromatic nitrogens is 7. The van der Waals surface area contributed by atoms with Crippen LogP contribution in [0, 0.1) is 0 Å². The molecule has 1 aromatic carbocycles. The Kier molecular flexibility index (Phi) is 3.58. The van der Waals surface area contributed by atoms with Gasteiger partial charge in [0.15, 0.2) is 5.52 Å². The molecule has 0 aliphatic carbocycles. The molecule has 5 aromatic rings. The van der Waals surface area contributed by atoms with Crippen molar-refractivity contribution in [3.05, 3.63) is 77.1 Å². The van der Waals surface area contributed by atoms with Gasteiger partial charge in [0.1, 0.15) is 5.52 Å². The van der Waals surface area contributed by atoms with Crippen LogP contribution >= 0.6 is 0 Å². The molecule has 0 unspecified atom stereocenters. The minimum Gasteiger partial charge on any atom is -0.279 e. The van der Waals surface area contributed by atoms with Gasteiger partial charge in [0, 0.05) is 31.0 Å². The van der Waals surface area contributed by atoms with Crippen LogP contribution in [0.3, 0.4) is 0 Å². The summed E-state index contributed by atoms with van der Waals surface area (Å²) in [5.41, 5.74) is 3.52. The molecule has 0 fully saturated rings. The van der Waals surface area contributed by atoms with Gasteiger partial charge in [-0.2, -0.15) is 5.10 Å². The summed E-state index contributed by atoms with van der Waals surface area (Å²) in [4.78, 5) is 17.5. The average molecular weight is 371 g/mol. The molecular weight excluding hydrogens is 354 g/mol. The number of aryl methyl sites for hydroxylation is 1. The maximum absolute atomic E-state index is 13.2. The monoisotopic (exact) mass is 371 g/mol. The molecule has 5 rings (SSSR count). The summed E-state index contributed by atoms with van der Waals surface area (Å²) in [5.74, 6) is 0. The van der Waals surface area contributed by atoms with Gasteiger partial charge in [0.2, 0.25) is 0 Å². The third-order valence-electron chi connectivity index (χ3n) is 4.97. The second-order valence-electron chi connectivity index (χ2n) is 6.76. The Hall–Kier alpha value is -3.81. The van der Waals surface area contributed by atoms with Gasteiger partial charge in [-0.25, -0.2) is 4.68 Å². The molecule has 0 saturated carbocycles. The molecule has 0 radical (unpaired) electrons. The molecule has 4 heterocycles. The van der Waals surface area contributed by atoms with Gasteiger partial charge in [0.05, 0.1) is 23.4 Å². The lowest BCUT2D eigenvalue weighted by Crippen LogP contribution is -2.21. The Balaban J connectivity index is 1.66. The van der Waals surface area contributed by atoms with E-state index in [0.29, 0.717) is 16.7 Å². The van der Waals surface area contributed by atoms with Crippen LogP contribution in [-0.4, -0.2) is 34.3 Å². The Labute approximate surface area is 159 Å². The number of hydrogen-bond donors (Lipinski definition) is 0.